The smallest absolute Gasteiger partial charge is 0.133 e. The third-order valence-electron chi connectivity index (χ3n) is 3.42. The number of anilines is 1. The van der Waals surface area contributed by atoms with Gasteiger partial charge in [0.1, 0.15) is 11.6 Å². The Labute approximate surface area is 114 Å². The molecule has 1 N–H and O–H groups in total. The molecule has 0 amide bonds. The van der Waals surface area contributed by atoms with Crippen LogP contribution in [0.5, 0.6) is 0 Å². The normalized spacial score (nSPS) is 14.4. The summed E-state index contributed by atoms with van der Waals surface area (Å²) in [5.41, 5.74) is 2.68. The Bertz CT molecular complexity index is 561. The van der Waals surface area contributed by atoms with Crippen molar-refractivity contribution in [3.63, 3.8) is 0 Å². The van der Waals surface area contributed by atoms with Crippen LogP contribution in [0.3, 0.4) is 0 Å². The molecule has 1 saturated carbocycles. The van der Waals surface area contributed by atoms with Crippen molar-refractivity contribution < 1.29 is 0 Å². The van der Waals surface area contributed by atoms with Crippen LogP contribution in [0.2, 0.25) is 0 Å². The largest absolute Gasteiger partial charge is 0.370 e. The van der Waals surface area contributed by atoms with Gasteiger partial charge in [0.25, 0.3) is 0 Å². The molecule has 3 heteroatoms. The molecule has 1 aliphatic rings. The maximum atomic E-state index is 4.56. The van der Waals surface area contributed by atoms with Gasteiger partial charge in [-0.3, -0.25) is 0 Å². The highest BCUT2D eigenvalue weighted by Crippen LogP contribution is 2.37. The molecule has 19 heavy (non-hydrogen) atoms. The lowest BCUT2D eigenvalue weighted by Gasteiger charge is -2.07. The van der Waals surface area contributed by atoms with E-state index in [9.17, 15) is 0 Å². The predicted molar refractivity (Wildman–Crippen MR) is 77.4 cm³/mol. The fourth-order valence-electron chi connectivity index (χ4n) is 2.21. The zero-order chi connectivity index (χ0) is 13.1. The summed E-state index contributed by atoms with van der Waals surface area (Å²) in [4.78, 5) is 8.89. The minimum absolute atomic E-state index is 0.610. The van der Waals surface area contributed by atoms with E-state index in [1.165, 1.54) is 24.0 Å². The molecule has 2 aromatic rings. The van der Waals surface area contributed by atoms with E-state index in [0.717, 1.165) is 24.6 Å². The van der Waals surface area contributed by atoms with Crippen LogP contribution in [0.1, 0.15) is 35.7 Å². The average Bonchev–Trinajstić information content (AvgIpc) is 3.23. The van der Waals surface area contributed by atoms with E-state index >= 15 is 0 Å². The lowest BCUT2D eigenvalue weighted by atomic mass is 10.1. The van der Waals surface area contributed by atoms with Crippen LogP contribution in [-0.4, -0.2) is 16.5 Å². The van der Waals surface area contributed by atoms with Crippen LogP contribution in [-0.2, 0) is 6.42 Å². The van der Waals surface area contributed by atoms with Gasteiger partial charge >= 0.3 is 0 Å². The van der Waals surface area contributed by atoms with Gasteiger partial charge in [0.05, 0.1) is 0 Å². The maximum Gasteiger partial charge on any atom is 0.133 e. The molecular formula is C16H19N3. The highest BCUT2D eigenvalue weighted by molar-refractivity contribution is 5.34. The number of nitrogens with one attached hydrogen (secondary N) is 1. The Balaban J connectivity index is 1.55. The first-order chi connectivity index (χ1) is 9.31. The summed E-state index contributed by atoms with van der Waals surface area (Å²) >= 11 is 0. The molecule has 1 aromatic heterocycles. The molecule has 1 aliphatic carbocycles. The number of aromatic nitrogens is 2. The van der Waals surface area contributed by atoms with Crippen molar-refractivity contribution in [2.75, 3.05) is 11.9 Å². The minimum Gasteiger partial charge on any atom is -0.370 e. The highest BCUT2D eigenvalue weighted by Gasteiger charge is 2.26. The summed E-state index contributed by atoms with van der Waals surface area (Å²) < 4.78 is 0. The summed E-state index contributed by atoms with van der Waals surface area (Å²) in [5, 5.41) is 3.38. The van der Waals surface area contributed by atoms with Gasteiger partial charge in [-0.2, -0.15) is 0 Å². The zero-order valence-corrected chi connectivity index (χ0v) is 11.3. The van der Waals surface area contributed by atoms with Crippen molar-refractivity contribution in [3.8, 4) is 0 Å². The van der Waals surface area contributed by atoms with Crippen LogP contribution in [0, 0.1) is 6.92 Å². The van der Waals surface area contributed by atoms with Gasteiger partial charge in [0.2, 0.25) is 0 Å². The van der Waals surface area contributed by atoms with Crippen LogP contribution in [0.15, 0.2) is 36.5 Å². The van der Waals surface area contributed by atoms with Gasteiger partial charge < -0.3 is 5.32 Å². The summed E-state index contributed by atoms with van der Waals surface area (Å²) in [7, 11) is 0. The molecule has 3 rings (SSSR count). The molecule has 0 aliphatic heterocycles. The van der Waals surface area contributed by atoms with Crippen LogP contribution < -0.4 is 5.32 Å². The zero-order valence-electron chi connectivity index (χ0n) is 11.3. The van der Waals surface area contributed by atoms with Crippen molar-refractivity contribution in [1.82, 2.24) is 9.97 Å². The van der Waals surface area contributed by atoms with Gasteiger partial charge in [0.15, 0.2) is 0 Å². The molecule has 0 spiro atoms. The Morgan fingerprint density at radius 1 is 1.26 bits per heavy atom. The van der Waals surface area contributed by atoms with Gasteiger partial charge in [-0.15, -0.1) is 0 Å². The molecule has 98 valence electrons. The molecule has 0 saturated heterocycles. The molecule has 0 atom stereocenters. The Morgan fingerprint density at radius 3 is 2.95 bits per heavy atom. The van der Waals surface area contributed by atoms with Crippen molar-refractivity contribution in [2.45, 2.75) is 32.1 Å². The second-order valence-electron chi connectivity index (χ2n) is 5.24. The lowest BCUT2D eigenvalue weighted by Crippen LogP contribution is -2.07. The van der Waals surface area contributed by atoms with E-state index in [1.54, 1.807) is 0 Å². The molecule has 1 heterocycles. The van der Waals surface area contributed by atoms with E-state index in [2.05, 4.69) is 46.5 Å². The Kier molecular flexibility index (Phi) is 3.45. The lowest BCUT2D eigenvalue weighted by molar-refractivity contribution is 0.914. The molecule has 0 unspecified atom stereocenters. The second kappa shape index (κ2) is 5.39. The molecule has 3 nitrogen and oxygen atoms in total. The number of aryl methyl sites for hydroxylation is 1. The summed E-state index contributed by atoms with van der Waals surface area (Å²) in [6.45, 7) is 3.04. The van der Waals surface area contributed by atoms with Gasteiger partial charge in [0, 0.05) is 18.7 Å². The number of benzene rings is 1. The number of hydrogen-bond donors (Lipinski definition) is 1. The monoisotopic (exact) mass is 253 g/mol. The van der Waals surface area contributed by atoms with E-state index in [-0.39, 0.29) is 0 Å². The van der Waals surface area contributed by atoms with E-state index in [1.807, 2.05) is 12.3 Å². The first-order valence-electron chi connectivity index (χ1n) is 6.93. The first-order valence-corrected chi connectivity index (χ1v) is 6.93. The summed E-state index contributed by atoms with van der Waals surface area (Å²) in [5.74, 6) is 2.56. The molecule has 1 aromatic carbocycles. The van der Waals surface area contributed by atoms with E-state index < -0.39 is 0 Å². The second-order valence-corrected chi connectivity index (χ2v) is 5.24. The summed E-state index contributed by atoms with van der Waals surface area (Å²) in [6, 6.07) is 10.6. The van der Waals surface area contributed by atoms with Gasteiger partial charge in [-0.1, -0.05) is 29.8 Å². The minimum atomic E-state index is 0.610. The topological polar surface area (TPSA) is 37.8 Å². The Morgan fingerprint density at radius 2 is 2.16 bits per heavy atom. The predicted octanol–water partition coefficient (Wildman–Crippen LogP) is 3.32. The number of rotatable bonds is 5. The van der Waals surface area contributed by atoms with Crippen molar-refractivity contribution in [3.05, 3.63) is 53.5 Å². The van der Waals surface area contributed by atoms with E-state index in [4.69, 9.17) is 0 Å². The van der Waals surface area contributed by atoms with E-state index in [0.29, 0.717) is 5.92 Å². The third-order valence-corrected chi connectivity index (χ3v) is 3.42. The average molecular weight is 253 g/mol. The summed E-state index contributed by atoms with van der Waals surface area (Å²) in [6.07, 6.45) is 5.36. The fourth-order valence-corrected chi connectivity index (χ4v) is 2.21. The molecular weight excluding hydrogens is 234 g/mol. The van der Waals surface area contributed by atoms with Crippen molar-refractivity contribution in [2.24, 2.45) is 0 Å². The number of hydrogen-bond acceptors (Lipinski definition) is 3. The molecule has 0 bridgehead atoms. The Hall–Kier alpha value is -1.90. The SMILES string of the molecule is Cc1cccc(CCNc2ccnc(C3CC3)n2)c1. The van der Waals surface area contributed by atoms with Crippen molar-refractivity contribution >= 4 is 5.82 Å². The quantitative estimate of drug-likeness (QED) is 0.888. The molecule has 1 fully saturated rings. The van der Waals surface area contributed by atoms with Gasteiger partial charge in [-0.05, 0) is 37.8 Å². The number of nitrogens with zero attached hydrogens (tertiary/aromatic N) is 2. The van der Waals surface area contributed by atoms with Crippen molar-refractivity contribution in [1.29, 1.82) is 0 Å². The standard InChI is InChI=1S/C16H19N3/c1-12-3-2-4-13(11-12)7-9-17-15-8-10-18-16(19-15)14-5-6-14/h2-4,8,10-11,14H,5-7,9H2,1H3,(H,17,18,19). The fraction of sp³-hybridized carbons (Fsp3) is 0.375. The van der Waals surface area contributed by atoms with Crippen LogP contribution >= 0.6 is 0 Å². The van der Waals surface area contributed by atoms with Crippen LogP contribution in [0.4, 0.5) is 5.82 Å². The van der Waals surface area contributed by atoms with Gasteiger partial charge in [-0.25, -0.2) is 9.97 Å². The first kappa shape index (κ1) is 12.2. The highest BCUT2D eigenvalue weighted by atomic mass is 15.0. The third kappa shape index (κ3) is 3.31. The van der Waals surface area contributed by atoms with Crippen LogP contribution in [0.25, 0.3) is 0 Å². The molecule has 0 radical (unpaired) electrons. The maximum absolute atomic E-state index is 4.56.